The summed E-state index contributed by atoms with van der Waals surface area (Å²) in [7, 11) is 1.79. The van der Waals surface area contributed by atoms with E-state index in [0.717, 1.165) is 11.3 Å². The molecule has 0 saturated carbocycles. The first-order chi connectivity index (χ1) is 7.72. The highest BCUT2D eigenvalue weighted by atomic mass is 32.2. The SMILES string of the molecule is CNNSN1C=C1c1ccc(C(=O)O)cc1. The predicted octanol–water partition coefficient (Wildman–Crippen LogP) is 1.29. The van der Waals surface area contributed by atoms with Crippen LogP contribution in [0, 0.1) is 0 Å². The molecule has 6 heteroatoms. The lowest BCUT2D eigenvalue weighted by Gasteiger charge is -2.05. The fourth-order valence-corrected chi connectivity index (χ4v) is 1.78. The van der Waals surface area contributed by atoms with Crippen LogP contribution in [0.2, 0.25) is 0 Å². The molecule has 1 heterocycles. The molecule has 0 amide bonds. The van der Waals surface area contributed by atoms with Gasteiger partial charge in [-0.3, -0.25) is 4.31 Å². The summed E-state index contributed by atoms with van der Waals surface area (Å²) in [6.45, 7) is 0. The number of nitrogens with zero attached hydrogens (tertiary/aromatic N) is 1. The quantitative estimate of drug-likeness (QED) is 0.530. The maximum absolute atomic E-state index is 10.7. The maximum Gasteiger partial charge on any atom is 0.335 e. The zero-order chi connectivity index (χ0) is 11.5. The van der Waals surface area contributed by atoms with Crippen LogP contribution in [0.25, 0.3) is 5.70 Å². The molecule has 1 aromatic carbocycles. The number of aromatic carboxylic acids is 1. The van der Waals surface area contributed by atoms with E-state index in [-0.39, 0.29) is 0 Å². The fourth-order valence-electron chi connectivity index (χ4n) is 1.24. The Kier molecular flexibility index (Phi) is 3.14. The zero-order valence-corrected chi connectivity index (χ0v) is 9.41. The van der Waals surface area contributed by atoms with Crippen molar-refractivity contribution in [2.75, 3.05) is 7.05 Å². The molecule has 0 aromatic heterocycles. The highest BCUT2D eigenvalue weighted by molar-refractivity contribution is 7.95. The molecule has 84 valence electrons. The Morgan fingerprint density at radius 2 is 2.06 bits per heavy atom. The molecule has 0 spiro atoms. The van der Waals surface area contributed by atoms with Crippen molar-refractivity contribution in [2.24, 2.45) is 0 Å². The lowest BCUT2D eigenvalue weighted by molar-refractivity contribution is 0.0697. The van der Waals surface area contributed by atoms with E-state index in [2.05, 4.69) is 10.3 Å². The first-order valence-electron chi connectivity index (χ1n) is 4.66. The summed E-state index contributed by atoms with van der Waals surface area (Å²) in [6.07, 6.45) is 1.96. The van der Waals surface area contributed by atoms with Crippen LogP contribution in [-0.4, -0.2) is 22.4 Å². The third-order valence-corrected chi connectivity index (χ3v) is 2.88. The normalized spacial score (nSPS) is 13.6. The number of rotatable bonds is 5. The highest BCUT2D eigenvalue weighted by Crippen LogP contribution is 2.36. The number of nitrogens with one attached hydrogen (secondary N) is 2. The van der Waals surface area contributed by atoms with Crippen molar-refractivity contribution in [3.05, 3.63) is 41.6 Å². The average Bonchev–Trinajstić information content (AvgIpc) is 3.06. The number of benzene rings is 1. The van der Waals surface area contributed by atoms with Crippen molar-refractivity contribution < 1.29 is 9.90 Å². The Hall–Kier alpha value is -1.50. The van der Waals surface area contributed by atoms with E-state index in [0.29, 0.717) is 5.56 Å². The molecular weight excluding hydrogens is 226 g/mol. The third-order valence-electron chi connectivity index (χ3n) is 2.08. The highest BCUT2D eigenvalue weighted by Gasteiger charge is 2.23. The van der Waals surface area contributed by atoms with E-state index in [1.54, 1.807) is 31.3 Å². The predicted molar refractivity (Wildman–Crippen MR) is 63.0 cm³/mol. The van der Waals surface area contributed by atoms with Crippen LogP contribution in [0.4, 0.5) is 0 Å². The van der Waals surface area contributed by atoms with Crippen LogP contribution >= 0.6 is 12.1 Å². The molecule has 5 nitrogen and oxygen atoms in total. The molecule has 1 aromatic rings. The number of carbonyl (C=O) groups is 1. The van der Waals surface area contributed by atoms with Gasteiger partial charge in [0.1, 0.15) is 0 Å². The smallest absolute Gasteiger partial charge is 0.335 e. The lowest BCUT2D eigenvalue weighted by Crippen LogP contribution is -2.21. The van der Waals surface area contributed by atoms with Gasteiger partial charge < -0.3 is 5.11 Å². The van der Waals surface area contributed by atoms with Gasteiger partial charge in [-0.15, -0.1) is 0 Å². The summed E-state index contributed by atoms with van der Waals surface area (Å²) in [6, 6.07) is 6.81. The van der Waals surface area contributed by atoms with E-state index >= 15 is 0 Å². The van der Waals surface area contributed by atoms with Crippen LogP contribution in [0.1, 0.15) is 15.9 Å². The van der Waals surface area contributed by atoms with Crippen molar-refractivity contribution in [2.45, 2.75) is 0 Å². The van der Waals surface area contributed by atoms with Crippen LogP contribution in [-0.2, 0) is 0 Å². The van der Waals surface area contributed by atoms with Crippen LogP contribution in [0.15, 0.2) is 30.5 Å². The molecule has 2 rings (SSSR count). The van der Waals surface area contributed by atoms with Crippen molar-refractivity contribution in [3.63, 3.8) is 0 Å². The van der Waals surface area contributed by atoms with Gasteiger partial charge in [0.15, 0.2) is 0 Å². The second kappa shape index (κ2) is 4.56. The van der Waals surface area contributed by atoms with Crippen molar-refractivity contribution in [3.8, 4) is 0 Å². The molecule has 0 aliphatic carbocycles. The van der Waals surface area contributed by atoms with E-state index < -0.39 is 5.97 Å². The molecule has 0 bridgehead atoms. The Balaban J connectivity index is 1.97. The monoisotopic (exact) mass is 237 g/mol. The summed E-state index contributed by atoms with van der Waals surface area (Å²) < 4.78 is 1.95. The maximum atomic E-state index is 10.7. The molecule has 3 N–H and O–H groups in total. The first kappa shape index (κ1) is 11.0. The van der Waals surface area contributed by atoms with Gasteiger partial charge in [0.05, 0.1) is 23.4 Å². The summed E-state index contributed by atoms with van der Waals surface area (Å²) in [4.78, 5) is 13.5. The zero-order valence-electron chi connectivity index (χ0n) is 8.60. The van der Waals surface area contributed by atoms with E-state index in [9.17, 15) is 4.79 Å². The second-order valence-electron chi connectivity index (χ2n) is 3.17. The molecule has 1 aliphatic rings. The fraction of sp³-hybridized carbons (Fsp3) is 0.100. The minimum absolute atomic E-state index is 0.303. The summed E-state index contributed by atoms with van der Waals surface area (Å²) in [5, 5.41) is 8.75. The van der Waals surface area contributed by atoms with Gasteiger partial charge in [0.25, 0.3) is 0 Å². The van der Waals surface area contributed by atoms with Crippen molar-refractivity contribution >= 4 is 23.8 Å². The topological polar surface area (TPSA) is 64.4 Å². The van der Waals surface area contributed by atoms with Crippen LogP contribution in [0.5, 0.6) is 0 Å². The number of hydrogen-bond donors (Lipinski definition) is 3. The largest absolute Gasteiger partial charge is 0.478 e. The lowest BCUT2D eigenvalue weighted by atomic mass is 10.1. The van der Waals surface area contributed by atoms with Gasteiger partial charge in [-0.25, -0.2) is 10.2 Å². The van der Waals surface area contributed by atoms with Gasteiger partial charge in [-0.05, 0) is 19.2 Å². The number of hydrogen-bond acceptors (Lipinski definition) is 5. The van der Waals surface area contributed by atoms with Gasteiger partial charge in [0, 0.05) is 11.8 Å². The Morgan fingerprint density at radius 3 is 2.62 bits per heavy atom. The molecule has 0 radical (unpaired) electrons. The standard InChI is InChI=1S/C10H11N3O2S/c1-11-12-16-13-6-9(13)7-2-4-8(5-3-7)10(14)15/h2-6,11-12H,1H3,(H,14,15). The van der Waals surface area contributed by atoms with Gasteiger partial charge >= 0.3 is 5.97 Å². The molecule has 0 saturated heterocycles. The number of carboxylic acid groups (broad SMARTS) is 1. The average molecular weight is 237 g/mol. The Bertz CT molecular complexity index is 430. The molecule has 1 aliphatic heterocycles. The summed E-state index contributed by atoms with van der Waals surface area (Å²) in [5.41, 5.74) is 5.18. The van der Waals surface area contributed by atoms with E-state index in [4.69, 9.17) is 5.11 Å². The number of hydrazine groups is 1. The van der Waals surface area contributed by atoms with E-state index in [1.165, 1.54) is 12.1 Å². The molecule has 0 atom stereocenters. The summed E-state index contributed by atoms with van der Waals surface area (Å²) >= 11 is 1.42. The van der Waals surface area contributed by atoms with Crippen molar-refractivity contribution in [1.29, 1.82) is 0 Å². The minimum atomic E-state index is -0.903. The van der Waals surface area contributed by atoms with Crippen molar-refractivity contribution in [1.82, 2.24) is 14.6 Å². The summed E-state index contributed by atoms with van der Waals surface area (Å²) in [5.74, 6) is -0.903. The van der Waals surface area contributed by atoms with Crippen LogP contribution in [0.3, 0.4) is 0 Å². The molecule has 0 unspecified atom stereocenters. The first-order valence-corrected chi connectivity index (χ1v) is 5.43. The Labute approximate surface area is 97.4 Å². The van der Waals surface area contributed by atoms with E-state index in [1.807, 2.05) is 10.5 Å². The number of carboxylic acids is 1. The molecule has 16 heavy (non-hydrogen) atoms. The van der Waals surface area contributed by atoms with Crippen LogP contribution < -0.4 is 10.3 Å². The second-order valence-corrected chi connectivity index (χ2v) is 3.95. The minimum Gasteiger partial charge on any atom is -0.478 e. The van der Waals surface area contributed by atoms with Gasteiger partial charge in [0.2, 0.25) is 0 Å². The molecule has 0 fully saturated rings. The Morgan fingerprint density at radius 1 is 1.38 bits per heavy atom. The third kappa shape index (κ3) is 2.35. The van der Waals surface area contributed by atoms with Gasteiger partial charge in [-0.1, -0.05) is 12.1 Å². The van der Waals surface area contributed by atoms with Gasteiger partial charge in [-0.2, -0.15) is 4.83 Å². The molecular formula is C10H11N3O2S.